The average Bonchev–Trinajstić information content (AvgIpc) is 2.18. The number of oxime groups is 1. The Morgan fingerprint density at radius 1 is 1.89 bits per heavy atom. The molecule has 0 saturated heterocycles. The molecule has 1 heterocycles. The fourth-order valence-electron chi connectivity index (χ4n) is 0.430. The summed E-state index contributed by atoms with van der Waals surface area (Å²) in [6.07, 6.45) is 2.84. The number of hydrogen-bond acceptors (Lipinski definition) is 3. The summed E-state index contributed by atoms with van der Waals surface area (Å²) in [4.78, 5) is 0. The van der Waals surface area contributed by atoms with Crippen LogP contribution in [0.15, 0.2) is 15.8 Å². The van der Waals surface area contributed by atoms with E-state index in [1.165, 1.54) is 6.21 Å². The van der Waals surface area contributed by atoms with Crippen molar-refractivity contribution in [3.63, 3.8) is 0 Å². The van der Waals surface area contributed by atoms with Gasteiger partial charge in [0.05, 0.1) is 22.6 Å². The highest BCUT2D eigenvalue weighted by molar-refractivity contribution is 9.10. The molecule has 0 aliphatic rings. The van der Waals surface area contributed by atoms with Crippen LogP contribution in [-0.2, 0) is 0 Å². The topological polar surface area (TPSA) is 61.3 Å². The van der Waals surface area contributed by atoms with Gasteiger partial charge >= 0.3 is 0 Å². The van der Waals surface area contributed by atoms with Crippen LogP contribution >= 0.6 is 15.9 Å². The number of nitrogens with one attached hydrogen (secondary N) is 1. The van der Waals surface area contributed by atoms with Gasteiger partial charge in [0, 0.05) is 0 Å². The van der Waals surface area contributed by atoms with E-state index in [2.05, 4.69) is 31.3 Å². The van der Waals surface area contributed by atoms with Crippen LogP contribution in [0.4, 0.5) is 0 Å². The van der Waals surface area contributed by atoms with Gasteiger partial charge in [-0.1, -0.05) is 5.16 Å². The van der Waals surface area contributed by atoms with Gasteiger partial charge < -0.3 is 5.21 Å². The van der Waals surface area contributed by atoms with E-state index < -0.39 is 0 Å². The van der Waals surface area contributed by atoms with Gasteiger partial charge in [-0.2, -0.15) is 5.10 Å². The summed E-state index contributed by atoms with van der Waals surface area (Å²) in [7, 11) is 0. The van der Waals surface area contributed by atoms with Gasteiger partial charge in [0.25, 0.3) is 0 Å². The SMILES string of the molecule is O/N=C/c1[nH]ncc1Br. The zero-order valence-electron chi connectivity index (χ0n) is 4.37. The fourth-order valence-corrected chi connectivity index (χ4v) is 0.723. The first-order chi connectivity index (χ1) is 4.34. The lowest BCUT2D eigenvalue weighted by atomic mass is 10.5. The highest BCUT2D eigenvalue weighted by atomic mass is 79.9. The predicted molar refractivity (Wildman–Crippen MR) is 35.7 cm³/mol. The van der Waals surface area contributed by atoms with Gasteiger partial charge in [0.1, 0.15) is 0 Å². The third-order valence-electron chi connectivity index (χ3n) is 0.807. The minimum atomic E-state index is 0.650. The Bertz CT molecular complexity index is 219. The maximum atomic E-state index is 8.06. The van der Waals surface area contributed by atoms with E-state index in [1.54, 1.807) is 6.20 Å². The number of aromatic amines is 1. The van der Waals surface area contributed by atoms with Gasteiger partial charge in [0.2, 0.25) is 0 Å². The molecule has 2 N–H and O–H groups in total. The molecule has 0 atom stereocenters. The van der Waals surface area contributed by atoms with Crippen molar-refractivity contribution in [1.29, 1.82) is 0 Å². The normalized spacial score (nSPS) is 10.8. The van der Waals surface area contributed by atoms with Gasteiger partial charge in [-0.05, 0) is 15.9 Å². The molecule has 1 aromatic rings. The first-order valence-electron chi connectivity index (χ1n) is 2.21. The summed E-state index contributed by atoms with van der Waals surface area (Å²) in [5.41, 5.74) is 0.650. The Kier molecular flexibility index (Phi) is 1.84. The average molecular weight is 190 g/mol. The van der Waals surface area contributed by atoms with E-state index in [1.807, 2.05) is 0 Å². The third-order valence-corrected chi connectivity index (χ3v) is 1.44. The summed E-state index contributed by atoms with van der Waals surface area (Å²) >= 11 is 3.17. The highest BCUT2D eigenvalue weighted by Gasteiger charge is 1.95. The third kappa shape index (κ3) is 1.29. The second-order valence-corrected chi connectivity index (χ2v) is 2.23. The first-order valence-corrected chi connectivity index (χ1v) is 3.00. The Balaban J connectivity index is 2.94. The van der Waals surface area contributed by atoms with Crippen LogP contribution in [0, 0.1) is 0 Å². The molecule has 0 fully saturated rings. The molecule has 0 saturated carbocycles. The molecule has 0 aliphatic carbocycles. The van der Waals surface area contributed by atoms with E-state index in [-0.39, 0.29) is 0 Å². The zero-order valence-corrected chi connectivity index (χ0v) is 5.96. The smallest absolute Gasteiger partial charge is 0.0936 e. The first kappa shape index (κ1) is 6.28. The number of H-pyrrole nitrogens is 1. The molecule has 5 heteroatoms. The molecule has 0 spiro atoms. The molecule has 4 nitrogen and oxygen atoms in total. The van der Waals surface area contributed by atoms with Crippen molar-refractivity contribution in [2.75, 3.05) is 0 Å². The highest BCUT2D eigenvalue weighted by Crippen LogP contribution is 2.09. The van der Waals surface area contributed by atoms with Gasteiger partial charge in [0.15, 0.2) is 0 Å². The Labute approximate surface area is 59.7 Å². The quantitative estimate of drug-likeness (QED) is 0.394. The van der Waals surface area contributed by atoms with E-state index in [0.717, 1.165) is 4.47 Å². The van der Waals surface area contributed by atoms with Crippen LogP contribution in [0.3, 0.4) is 0 Å². The minimum Gasteiger partial charge on any atom is -0.411 e. The Hall–Kier alpha value is -0.840. The molecule has 0 aliphatic heterocycles. The molecule has 1 aromatic heterocycles. The fraction of sp³-hybridized carbons (Fsp3) is 0. The zero-order chi connectivity index (χ0) is 6.69. The standard InChI is InChI=1S/C4H4BrN3O/c5-3-1-6-8-4(3)2-7-9/h1-2,9H,(H,6,8)/b7-2+. The summed E-state index contributed by atoms with van der Waals surface area (Å²) in [6, 6.07) is 0. The van der Waals surface area contributed by atoms with Crippen LogP contribution in [0.1, 0.15) is 5.69 Å². The lowest BCUT2D eigenvalue weighted by Crippen LogP contribution is -1.80. The summed E-state index contributed by atoms with van der Waals surface area (Å²) in [5, 5.41) is 17.1. The number of aromatic nitrogens is 2. The van der Waals surface area contributed by atoms with Gasteiger partial charge in [-0.15, -0.1) is 0 Å². The lowest BCUT2D eigenvalue weighted by Gasteiger charge is -1.80. The summed E-state index contributed by atoms with van der Waals surface area (Å²) in [6.45, 7) is 0. The molecule has 0 aromatic carbocycles. The van der Waals surface area contributed by atoms with Crippen molar-refractivity contribution in [3.8, 4) is 0 Å². The van der Waals surface area contributed by atoms with Crippen molar-refractivity contribution in [2.45, 2.75) is 0 Å². The second kappa shape index (κ2) is 2.63. The van der Waals surface area contributed by atoms with Crippen LogP contribution < -0.4 is 0 Å². The Morgan fingerprint density at radius 2 is 2.67 bits per heavy atom. The van der Waals surface area contributed by atoms with Crippen molar-refractivity contribution in [3.05, 3.63) is 16.4 Å². The monoisotopic (exact) mass is 189 g/mol. The van der Waals surface area contributed by atoms with Crippen LogP contribution in [-0.4, -0.2) is 21.6 Å². The Morgan fingerprint density at radius 3 is 3.11 bits per heavy atom. The maximum Gasteiger partial charge on any atom is 0.0936 e. The van der Waals surface area contributed by atoms with Gasteiger partial charge in [-0.25, -0.2) is 0 Å². The molecule has 9 heavy (non-hydrogen) atoms. The number of halogens is 1. The summed E-state index contributed by atoms with van der Waals surface area (Å²) < 4.78 is 0.778. The maximum absolute atomic E-state index is 8.06. The molecule has 1 rings (SSSR count). The van der Waals surface area contributed by atoms with E-state index in [0.29, 0.717) is 5.69 Å². The molecular formula is C4H4BrN3O. The van der Waals surface area contributed by atoms with Crippen LogP contribution in [0.25, 0.3) is 0 Å². The van der Waals surface area contributed by atoms with Gasteiger partial charge in [-0.3, -0.25) is 5.10 Å². The lowest BCUT2D eigenvalue weighted by molar-refractivity contribution is 0.321. The molecule has 0 radical (unpaired) electrons. The van der Waals surface area contributed by atoms with Crippen LogP contribution in [0.5, 0.6) is 0 Å². The molecule has 48 valence electrons. The molecule has 0 bridgehead atoms. The van der Waals surface area contributed by atoms with E-state index in [4.69, 9.17) is 5.21 Å². The van der Waals surface area contributed by atoms with Crippen LogP contribution in [0.2, 0.25) is 0 Å². The predicted octanol–water partition coefficient (Wildman–Crippen LogP) is 0.980. The molecular weight excluding hydrogens is 186 g/mol. The van der Waals surface area contributed by atoms with E-state index in [9.17, 15) is 0 Å². The van der Waals surface area contributed by atoms with E-state index >= 15 is 0 Å². The number of hydrogen-bond donors (Lipinski definition) is 2. The minimum absolute atomic E-state index is 0.650. The van der Waals surface area contributed by atoms with Crippen molar-refractivity contribution < 1.29 is 5.21 Å². The van der Waals surface area contributed by atoms with Crippen molar-refractivity contribution in [1.82, 2.24) is 10.2 Å². The second-order valence-electron chi connectivity index (χ2n) is 1.38. The summed E-state index contributed by atoms with van der Waals surface area (Å²) in [5.74, 6) is 0. The number of nitrogens with zero attached hydrogens (tertiary/aromatic N) is 2. The molecule has 0 unspecified atom stereocenters. The molecule has 0 amide bonds. The van der Waals surface area contributed by atoms with Crippen molar-refractivity contribution in [2.24, 2.45) is 5.16 Å². The van der Waals surface area contributed by atoms with Crippen molar-refractivity contribution >= 4 is 22.1 Å². The largest absolute Gasteiger partial charge is 0.411 e. The number of rotatable bonds is 1.